The third kappa shape index (κ3) is 4.71. The van der Waals surface area contributed by atoms with E-state index in [0.717, 1.165) is 11.8 Å². The van der Waals surface area contributed by atoms with Crippen LogP contribution in [0.3, 0.4) is 0 Å². The zero-order chi connectivity index (χ0) is 36.7. The van der Waals surface area contributed by atoms with Crippen LogP contribution < -0.4 is 25.5 Å². The molecule has 0 saturated heterocycles. The van der Waals surface area contributed by atoms with Gasteiger partial charge in [0.25, 0.3) is 6.71 Å². The van der Waals surface area contributed by atoms with E-state index in [2.05, 4.69) is 148 Å². The summed E-state index contributed by atoms with van der Waals surface area (Å²) in [6.07, 6.45) is 9.49. The number of hydrogen-bond acceptors (Lipinski definition) is 3. The van der Waals surface area contributed by atoms with E-state index in [4.69, 9.17) is 0 Å². The van der Waals surface area contributed by atoms with Crippen molar-refractivity contribution >= 4 is 78.0 Å². The second kappa shape index (κ2) is 11.6. The van der Waals surface area contributed by atoms with Gasteiger partial charge in [-0.15, -0.1) is 11.3 Å². The van der Waals surface area contributed by atoms with Gasteiger partial charge in [-0.1, -0.05) is 95.1 Å². The summed E-state index contributed by atoms with van der Waals surface area (Å²) in [4.78, 5) is 5.29. The Morgan fingerprint density at radius 1 is 0.630 bits per heavy atom. The molecule has 11 rings (SSSR count). The molecule has 0 amide bonds. The summed E-state index contributed by atoms with van der Waals surface area (Å²) in [5, 5.41) is 1.43. The van der Waals surface area contributed by atoms with E-state index in [9.17, 15) is 0 Å². The normalized spacial score (nSPS) is 22.9. The quantitative estimate of drug-likeness (QED) is 0.168. The summed E-state index contributed by atoms with van der Waals surface area (Å²) in [5.41, 5.74) is 18.4. The second-order valence-electron chi connectivity index (χ2n) is 18.9. The summed E-state index contributed by atoms with van der Waals surface area (Å²) < 4.78 is 2.90. The molecule has 0 N–H and O–H groups in total. The lowest BCUT2D eigenvalue weighted by Crippen LogP contribution is -2.61. The SMILES string of the molecule is Cc1cccc(C)c1N1c2cc3c(cc2B2c4sc5ccc(C6CC7CC[C@H](C7)C6)cc5c4N(c4ccccc4)c4cccc1c42)C(C)(C)CCC3(C)C. The third-order valence-electron chi connectivity index (χ3n) is 14.6. The molecule has 2 fully saturated rings. The average molecular weight is 723 g/mol. The second-order valence-corrected chi connectivity index (χ2v) is 20.0. The molecule has 2 aliphatic heterocycles. The van der Waals surface area contributed by atoms with Gasteiger partial charge in [-0.3, -0.25) is 0 Å². The molecule has 0 spiro atoms. The molecule has 2 saturated carbocycles. The van der Waals surface area contributed by atoms with E-state index >= 15 is 0 Å². The highest BCUT2D eigenvalue weighted by Crippen LogP contribution is 2.53. The summed E-state index contributed by atoms with van der Waals surface area (Å²) in [7, 11) is 0. The average Bonchev–Trinajstić information content (AvgIpc) is 3.72. The third-order valence-corrected chi connectivity index (χ3v) is 15.8. The first kappa shape index (κ1) is 33.1. The molecule has 3 aliphatic carbocycles. The Morgan fingerprint density at radius 3 is 1.98 bits per heavy atom. The Balaban J connectivity index is 1.22. The standard InChI is InChI=1S/C50H51BN2S/c1-30-12-10-13-31(2)46(30)53-42-17-11-16-41-45(42)51(40-28-38-39(29-43(40)53)50(5,6)23-22-49(38,3)4)48-47(52(41)36-14-8-7-9-15-36)37-27-34(20-21-44(37)54-48)35-25-32-18-19-33(24-32)26-35/h7-17,20-21,27-29,32-33,35H,18-19,22-26H2,1-6H3/t32-,33?,35?/m1/s1. The maximum Gasteiger partial charge on any atom is 0.264 e. The fourth-order valence-corrected chi connectivity index (χ4v) is 13.1. The van der Waals surface area contributed by atoms with Gasteiger partial charge in [0.1, 0.15) is 0 Å². The van der Waals surface area contributed by atoms with Crippen molar-refractivity contribution in [3.05, 3.63) is 125 Å². The van der Waals surface area contributed by atoms with Gasteiger partial charge in [-0.25, -0.2) is 0 Å². The lowest BCUT2D eigenvalue weighted by Gasteiger charge is -2.47. The van der Waals surface area contributed by atoms with Crippen LogP contribution in [0.5, 0.6) is 0 Å². The molecule has 0 radical (unpaired) electrons. The molecule has 1 aromatic heterocycles. The largest absolute Gasteiger partial charge is 0.311 e. The summed E-state index contributed by atoms with van der Waals surface area (Å²) in [5.74, 6) is 2.53. The fourth-order valence-electron chi connectivity index (χ4n) is 11.8. The molecule has 2 nitrogen and oxygen atoms in total. The number of hydrogen-bond donors (Lipinski definition) is 0. The lowest BCUT2D eigenvalue weighted by atomic mass is 9.35. The Morgan fingerprint density at radius 2 is 1.28 bits per heavy atom. The van der Waals surface area contributed by atoms with Crippen LogP contribution in [-0.4, -0.2) is 6.71 Å². The number of anilines is 6. The Labute approximate surface area is 326 Å². The number of thiophene rings is 1. The number of rotatable bonds is 3. The Bertz CT molecular complexity index is 2480. The molecule has 2 bridgehead atoms. The molecule has 54 heavy (non-hydrogen) atoms. The molecule has 3 atom stereocenters. The van der Waals surface area contributed by atoms with Crippen molar-refractivity contribution in [1.29, 1.82) is 0 Å². The van der Waals surface area contributed by atoms with Crippen LogP contribution in [-0.2, 0) is 10.8 Å². The van der Waals surface area contributed by atoms with E-state index in [1.165, 1.54) is 122 Å². The van der Waals surface area contributed by atoms with E-state index in [-0.39, 0.29) is 17.5 Å². The van der Waals surface area contributed by atoms with Crippen LogP contribution in [0.1, 0.15) is 106 Å². The Hall–Kier alpha value is -4.28. The monoisotopic (exact) mass is 722 g/mol. The molecule has 5 aliphatic rings. The van der Waals surface area contributed by atoms with Crippen molar-refractivity contribution < 1.29 is 0 Å². The van der Waals surface area contributed by atoms with Crippen molar-refractivity contribution in [2.45, 2.75) is 103 Å². The van der Waals surface area contributed by atoms with Crippen LogP contribution in [0.25, 0.3) is 10.1 Å². The lowest BCUT2D eigenvalue weighted by molar-refractivity contribution is 0.320. The first-order valence-electron chi connectivity index (χ1n) is 20.7. The molecule has 6 aromatic rings. The summed E-state index contributed by atoms with van der Waals surface area (Å²) >= 11 is 2.05. The van der Waals surface area contributed by atoms with Gasteiger partial charge in [-0.05, 0) is 156 Å². The van der Waals surface area contributed by atoms with Gasteiger partial charge < -0.3 is 9.80 Å². The smallest absolute Gasteiger partial charge is 0.264 e. The highest BCUT2D eigenvalue weighted by molar-refractivity contribution is 7.33. The number of benzene rings is 5. The fraction of sp³-hybridized carbons (Fsp3) is 0.360. The maximum absolute atomic E-state index is 2.69. The number of aryl methyl sites for hydroxylation is 2. The van der Waals surface area contributed by atoms with Crippen LogP contribution in [0.4, 0.5) is 34.1 Å². The van der Waals surface area contributed by atoms with Gasteiger partial charge in [0.05, 0.1) is 11.4 Å². The van der Waals surface area contributed by atoms with Crippen molar-refractivity contribution in [3.8, 4) is 0 Å². The minimum atomic E-state index is 0.114. The first-order chi connectivity index (χ1) is 26.1. The molecule has 4 heteroatoms. The first-order valence-corrected chi connectivity index (χ1v) is 21.5. The molecule has 3 heterocycles. The molecule has 270 valence electrons. The van der Waals surface area contributed by atoms with Gasteiger partial charge in [0, 0.05) is 37.6 Å². The summed E-state index contributed by atoms with van der Waals surface area (Å²) in [6, 6.07) is 38.1. The number of nitrogens with zero attached hydrogens (tertiary/aromatic N) is 2. The van der Waals surface area contributed by atoms with Crippen LogP contribution in [0.15, 0.2) is 97.1 Å². The van der Waals surface area contributed by atoms with Crippen molar-refractivity contribution in [2.24, 2.45) is 11.8 Å². The van der Waals surface area contributed by atoms with Crippen molar-refractivity contribution in [1.82, 2.24) is 0 Å². The summed E-state index contributed by atoms with van der Waals surface area (Å²) in [6.45, 7) is 14.7. The topological polar surface area (TPSA) is 6.48 Å². The Kier molecular flexibility index (Phi) is 7.12. The molecular formula is C50H51BN2S. The van der Waals surface area contributed by atoms with Gasteiger partial charge in [0.2, 0.25) is 0 Å². The van der Waals surface area contributed by atoms with E-state index in [0.29, 0.717) is 5.92 Å². The van der Waals surface area contributed by atoms with Gasteiger partial charge >= 0.3 is 0 Å². The highest BCUT2D eigenvalue weighted by atomic mass is 32.1. The van der Waals surface area contributed by atoms with E-state index < -0.39 is 0 Å². The zero-order valence-corrected chi connectivity index (χ0v) is 33.6. The van der Waals surface area contributed by atoms with E-state index in [1.807, 2.05) is 11.3 Å². The molecular weight excluding hydrogens is 671 g/mol. The predicted octanol–water partition coefficient (Wildman–Crippen LogP) is 12.2. The van der Waals surface area contributed by atoms with Crippen LogP contribution in [0, 0.1) is 25.7 Å². The van der Waals surface area contributed by atoms with Gasteiger partial charge in [0.15, 0.2) is 0 Å². The highest BCUT2D eigenvalue weighted by Gasteiger charge is 2.48. The predicted molar refractivity (Wildman–Crippen MR) is 233 cm³/mol. The maximum atomic E-state index is 2.69. The minimum absolute atomic E-state index is 0.114. The zero-order valence-electron chi connectivity index (χ0n) is 32.8. The van der Waals surface area contributed by atoms with E-state index in [1.54, 1.807) is 11.1 Å². The van der Waals surface area contributed by atoms with Gasteiger partial charge in [-0.2, -0.15) is 0 Å². The minimum Gasteiger partial charge on any atom is -0.311 e. The van der Waals surface area contributed by atoms with Crippen molar-refractivity contribution in [3.63, 3.8) is 0 Å². The molecule has 2 unspecified atom stereocenters. The van der Waals surface area contributed by atoms with Crippen LogP contribution in [0.2, 0.25) is 0 Å². The number of fused-ring (bicyclic) bond motifs is 9. The van der Waals surface area contributed by atoms with Crippen LogP contribution >= 0.6 is 11.3 Å². The van der Waals surface area contributed by atoms with Crippen molar-refractivity contribution in [2.75, 3.05) is 9.80 Å². The molecule has 5 aromatic carbocycles. The number of para-hydroxylation sites is 2.